The molecule has 3 aromatic rings. The van der Waals surface area contributed by atoms with Crippen LogP contribution in [0.1, 0.15) is 32.7 Å². The van der Waals surface area contributed by atoms with Gasteiger partial charge in [-0.2, -0.15) is 0 Å². The first kappa shape index (κ1) is 28.3. The molecular formula is C30H34N2O6. The second kappa shape index (κ2) is 13.9. The highest BCUT2D eigenvalue weighted by molar-refractivity contribution is 6.07. The van der Waals surface area contributed by atoms with Gasteiger partial charge in [-0.3, -0.25) is 9.59 Å². The molecule has 0 bridgehead atoms. The van der Waals surface area contributed by atoms with Gasteiger partial charge in [-0.15, -0.1) is 0 Å². The maximum Gasteiger partial charge on any atom is 0.255 e. The lowest BCUT2D eigenvalue weighted by Gasteiger charge is -2.14. The number of anilines is 1. The topological polar surface area (TPSA) is 86.3 Å². The van der Waals surface area contributed by atoms with E-state index in [2.05, 4.69) is 10.2 Å². The molecule has 0 unspecified atom stereocenters. The van der Waals surface area contributed by atoms with Crippen LogP contribution in [0.25, 0.3) is 6.08 Å². The van der Waals surface area contributed by atoms with Crippen molar-refractivity contribution in [2.45, 2.75) is 6.42 Å². The van der Waals surface area contributed by atoms with Crippen LogP contribution in [0, 0.1) is 0 Å². The Labute approximate surface area is 223 Å². The largest absolute Gasteiger partial charge is 0.494 e. The predicted molar refractivity (Wildman–Crippen MR) is 149 cm³/mol. The smallest absolute Gasteiger partial charge is 0.255 e. The Morgan fingerprint density at radius 3 is 2.03 bits per heavy atom. The van der Waals surface area contributed by atoms with E-state index in [9.17, 15) is 9.59 Å². The molecule has 3 aromatic carbocycles. The third-order valence-corrected chi connectivity index (χ3v) is 5.68. The molecule has 3 rings (SSSR count). The number of hydrogen-bond donors (Lipinski definition) is 1. The standard InChI is InChI=1S/C30H34N2O6/c1-32(2)17-6-18-38-25-14-10-22(11-15-25)26(33)16-9-21-7-12-24(13-8-21)31-30(34)23-19-27(35-3)29(37-5)28(20-23)36-4/h7-16,19-20H,6,17-18H2,1-5H3,(H,31,34)/b16-9+. The molecule has 0 saturated carbocycles. The van der Waals surface area contributed by atoms with Gasteiger partial charge in [-0.05, 0) is 80.7 Å². The minimum Gasteiger partial charge on any atom is -0.494 e. The van der Waals surface area contributed by atoms with Gasteiger partial charge in [0.2, 0.25) is 5.75 Å². The van der Waals surface area contributed by atoms with E-state index < -0.39 is 0 Å². The van der Waals surface area contributed by atoms with E-state index >= 15 is 0 Å². The third-order valence-electron chi connectivity index (χ3n) is 5.68. The molecule has 0 heterocycles. The van der Waals surface area contributed by atoms with Crippen molar-refractivity contribution >= 4 is 23.5 Å². The molecule has 1 amide bonds. The van der Waals surface area contributed by atoms with Gasteiger partial charge in [0.15, 0.2) is 17.3 Å². The predicted octanol–water partition coefficient (Wildman–Crippen LogP) is 5.19. The SMILES string of the molecule is COc1cc(C(=O)Nc2ccc(/C=C/C(=O)c3ccc(OCCCN(C)C)cc3)cc2)cc(OC)c1OC. The zero-order chi connectivity index (χ0) is 27.5. The Morgan fingerprint density at radius 2 is 1.47 bits per heavy atom. The highest BCUT2D eigenvalue weighted by atomic mass is 16.5. The molecule has 0 radical (unpaired) electrons. The fraction of sp³-hybridized carbons (Fsp3) is 0.267. The molecule has 200 valence electrons. The second-order valence-electron chi connectivity index (χ2n) is 8.72. The van der Waals surface area contributed by atoms with E-state index in [0.717, 1.165) is 24.3 Å². The summed E-state index contributed by atoms with van der Waals surface area (Å²) in [5, 5.41) is 2.85. The highest BCUT2D eigenvalue weighted by Crippen LogP contribution is 2.38. The maximum atomic E-state index is 12.8. The number of allylic oxidation sites excluding steroid dienone is 1. The van der Waals surface area contributed by atoms with Gasteiger partial charge >= 0.3 is 0 Å². The number of ether oxygens (including phenoxy) is 4. The van der Waals surface area contributed by atoms with Crippen LogP contribution >= 0.6 is 0 Å². The van der Waals surface area contributed by atoms with Crippen LogP contribution in [0.15, 0.2) is 66.7 Å². The van der Waals surface area contributed by atoms with E-state index in [4.69, 9.17) is 18.9 Å². The van der Waals surface area contributed by atoms with Gasteiger partial charge in [0.25, 0.3) is 5.91 Å². The normalized spacial score (nSPS) is 10.9. The quantitative estimate of drug-likeness (QED) is 0.189. The van der Waals surface area contributed by atoms with Crippen LogP contribution in [0.2, 0.25) is 0 Å². The summed E-state index contributed by atoms with van der Waals surface area (Å²) in [6, 6.07) is 17.5. The van der Waals surface area contributed by atoms with Crippen molar-refractivity contribution in [3.05, 3.63) is 83.4 Å². The van der Waals surface area contributed by atoms with Gasteiger partial charge in [-0.25, -0.2) is 0 Å². The van der Waals surface area contributed by atoms with Crippen LogP contribution in [-0.2, 0) is 0 Å². The summed E-state index contributed by atoms with van der Waals surface area (Å²) in [6.45, 7) is 1.59. The molecule has 0 saturated heterocycles. The molecule has 0 fully saturated rings. The molecule has 0 aliphatic rings. The average molecular weight is 519 g/mol. The number of rotatable bonds is 13. The third kappa shape index (κ3) is 7.85. The molecule has 0 spiro atoms. The van der Waals surface area contributed by atoms with Crippen LogP contribution in [-0.4, -0.2) is 65.2 Å². The molecule has 0 aliphatic carbocycles. The minimum atomic E-state index is -0.326. The second-order valence-corrected chi connectivity index (χ2v) is 8.72. The van der Waals surface area contributed by atoms with Crippen molar-refractivity contribution in [1.29, 1.82) is 0 Å². The van der Waals surface area contributed by atoms with Crippen LogP contribution in [0.4, 0.5) is 5.69 Å². The Kier molecular flexibility index (Phi) is 10.3. The summed E-state index contributed by atoms with van der Waals surface area (Å²) in [5.41, 5.74) is 2.37. The number of nitrogens with zero attached hydrogens (tertiary/aromatic N) is 1. The van der Waals surface area contributed by atoms with E-state index in [-0.39, 0.29) is 11.7 Å². The Morgan fingerprint density at radius 1 is 0.842 bits per heavy atom. The molecule has 8 nitrogen and oxygen atoms in total. The molecule has 0 atom stereocenters. The zero-order valence-corrected chi connectivity index (χ0v) is 22.4. The molecular weight excluding hydrogens is 484 g/mol. The number of ketones is 1. The molecule has 1 N–H and O–H groups in total. The molecule has 8 heteroatoms. The van der Waals surface area contributed by atoms with Gasteiger partial charge in [-0.1, -0.05) is 18.2 Å². The summed E-state index contributed by atoms with van der Waals surface area (Å²) < 4.78 is 21.7. The zero-order valence-electron chi connectivity index (χ0n) is 22.4. The first-order valence-electron chi connectivity index (χ1n) is 12.2. The lowest BCUT2D eigenvalue weighted by Crippen LogP contribution is -2.15. The number of amides is 1. The molecule has 0 aliphatic heterocycles. The summed E-state index contributed by atoms with van der Waals surface area (Å²) in [4.78, 5) is 27.5. The van der Waals surface area contributed by atoms with Crippen molar-refractivity contribution < 1.29 is 28.5 Å². The number of benzene rings is 3. The highest BCUT2D eigenvalue weighted by Gasteiger charge is 2.17. The van der Waals surface area contributed by atoms with Gasteiger partial charge in [0, 0.05) is 23.4 Å². The van der Waals surface area contributed by atoms with Crippen LogP contribution < -0.4 is 24.3 Å². The average Bonchev–Trinajstić information content (AvgIpc) is 2.94. The fourth-order valence-corrected chi connectivity index (χ4v) is 3.65. The molecule has 0 aromatic heterocycles. The Hall–Kier alpha value is -4.30. The Bertz CT molecular complexity index is 1230. The van der Waals surface area contributed by atoms with Crippen molar-refractivity contribution in [3.63, 3.8) is 0 Å². The van der Waals surface area contributed by atoms with Gasteiger partial charge < -0.3 is 29.2 Å². The lowest BCUT2D eigenvalue weighted by molar-refractivity contribution is 0.102. The van der Waals surface area contributed by atoms with E-state index in [0.29, 0.717) is 40.7 Å². The number of carbonyl (C=O) groups excluding carboxylic acids is 2. The van der Waals surface area contributed by atoms with Crippen molar-refractivity contribution in [3.8, 4) is 23.0 Å². The number of methoxy groups -OCH3 is 3. The van der Waals surface area contributed by atoms with Gasteiger partial charge in [0.05, 0.1) is 27.9 Å². The van der Waals surface area contributed by atoms with Crippen LogP contribution in [0.3, 0.4) is 0 Å². The Balaban J connectivity index is 1.58. The van der Waals surface area contributed by atoms with Crippen LogP contribution in [0.5, 0.6) is 23.0 Å². The van der Waals surface area contributed by atoms with Crippen molar-refractivity contribution in [2.75, 3.05) is 53.9 Å². The summed E-state index contributed by atoms with van der Waals surface area (Å²) in [5.74, 6) is 1.51. The van der Waals surface area contributed by atoms with Crippen molar-refractivity contribution in [2.24, 2.45) is 0 Å². The number of nitrogens with one attached hydrogen (secondary N) is 1. The van der Waals surface area contributed by atoms with E-state index in [1.165, 1.54) is 27.4 Å². The summed E-state index contributed by atoms with van der Waals surface area (Å²) >= 11 is 0. The lowest BCUT2D eigenvalue weighted by atomic mass is 10.1. The first-order valence-corrected chi connectivity index (χ1v) is 12.2. The first-order chi connectivity index (χ1) is 18.3. The number of hydrogen-bond acceptors (Lipinski definition) is 7. The van der Waals surface area contributed by atoms with E-state index in [1.54, 1.807) is 42.5 Å². The van der Waals surface area contributed by atoms with Crippen molar-refractivity contribution in [1.82, 2.24) is 4.90 Å². The summed E-state index contributed by atoms with van der Waals surface area (Å²) in [7, 11) is 8.55. The minimum absolute atomic E-state index is 0.107. The fourth-order valence-electron chi connectivity index (χ4n) is 3.65. The maximum absolute atomic E-state index is 12.8. The molecule has 38 heavy (non-hydrogen) atoms. The number of carbonyl (C=O) groups is 2. The van der Waals surface area contributed by atoms with Gasteiger partial charge in [0.1, 0.15) is 5.75 Å². The van der Waals surface area contributed by atoms with E-state index in [1.807, 2.05) is 38.4 Å². The monoisotopic (exact) mass is 518 g/mol. The summed E-state index contributed by atoms with van der Waals surface area (Å²) in [6.07, 6.45) is 4.19.